The average molecular weight is 365 g/mol. The normalized spacial score (nSPS) is 34.4. The third-order valence-corrected chi connectivity index (χ3v) is 7.22. The van der Waals surface area contributed by atoms with Crippen molar-refractivity contribution >= 4 is 16.7 Å². The van der Waals surface area contributed by atoms with Crippen LogP contribution in [0.3, 0.4) is 0 Å². The van der Waals surface area contributed by atoms with Crippen LogP contribution in [0.25, 0.3) is 22.5 Å². The van der Waals surface area contributed by atoms with Crippen LogP contribution in [0.15, 0.2) is 29.3 Å². The van der Waals surface area contributed by atoms with Crippen LogP contribution in [0.1, 0.15) is 32.1 Å². The first kappa shape index (κ1) is 15.6. The summed E-state index contributed by atoms with van der Waals surface area (Å²) in [5.41, 5.74) is 2.91. The van der Waals surface area contributed by atoms with Gasteiger partial charge in [0.05, 0.1) is 11.3 Å². The highest BCUT2D eigenvalue weighted by molar-refractivity contribution is 5.97. The Balaban J connectivity index is 1.41. The zero-order valence-electron chi connectivity index (χ0n) is 15.1. The zero-order chi connectivity index (χ0) is 18.0. The van der Waals surface area contributed by atoms with Crippen LogP contribution in [0.2, 0.25) is 0 Å². The van der Waals surface area contributed by atoms with Crippen molar-refractivity contribution in [1.82, 2.24) is 20.2 Å². The number of pyridine rings is 1. The van der Waals surface area contributed by atoms with Gasteiger partial charge in [0.1, 0.15) is 5.65 Å². The Labute approximate surface area is 156 Å². The van der Waals surface area contributed by atoms with Gasteiger partial charge in [0.25, 0.3) is 5.89 Å². The van der Waals surface area contributed by atoms with Gasteiger partial charge in [0.2, 0.25) is 6.39 Å². The van der Waals surface area contributed by atoms with E-state index >= 15 is 0 Å². The van der Waals surface area contributed by atoms with Gasteiger partial charge in [-0.25, -0.2) is 4.98 Å². The number of aromatic nitrogens is 4. The minimum atomic E-state index is 0.172. The maximum absolute atomic E-state index is 10.0. The lowest BCUT2D eigenvalue weighted by Crippen LogP contribution is -2.57. The molecule has 4 aliphatic rings. The van der Waals surface area contributed by atoms with E-state index in [0.717, 1.165) is 41.0 Å². The van der Waals surface area contributed by atoms with Gasteiger partial charge in [-0.2, -0.15) is 0 Å². The molecule has 3 heterocycles. The first-order valence-electron chi connectivity index (χ1n) is 9.85. The lowest BCUT2D eigenvalue weighted by atomic mass is 9.48. The number of aliphatic hydroxyl groups excluding tert-OH is 1. The highest BCUT2D eigenvalue weighted by atomic mass is 16.4. The quantitative estimate of drug-likeness (QED) is 0.656. The van der Waals surface area contributed by atoms with Crippen molar-refractivity contribution in [1.29, 1.82) is 0 Å². The second kappa shape index (κ2) is 5.55. The maximum Gasteiger partial charge on any atom is 0.251 e. The molecule has 5 atom stereocenters. The van der Waals surface area contributed by atoms with Gasteiger partial charge in [-0.15, -0.1) is 10.2 Å². The van der Waals surface area contributed by atoms with Crippen molar-refractivity contribution in [2.24, 2.45) is 23.2 Å². The summed E-state index contributed by atoms with van der Waals surface area (Å²) in [6.45, 7) is 0.341. The van der Waals surface area contributed by atoms with E-state index in [1.165, 1.54) is 25.7 Å². The number of anilines is 1. The van der Waals surface area contributed by atoms with E-state index in [-0.39, 0.29) is 5.41 Å². The summed E-state index contributed by atoms with van der Waals surface area (Å²) in [7, 11) is 0. The van der Waals surface area contributed by atoms with Gasteiger partial charge in [-0.1, -0.05) is 0 Å². The molecule has 0 amide bonds. The number of rotatable bonds is 4. The molecule has 4 bridgehead atoms. The predicted molar refractivity (Wildman–Crippen MR) is 99.9 cm³/mol. The molecule has 3 aromatic rings. The molecular formula is C20H23N5O2. The van der Waals surface area contributed by atoms with Crippen molar-refractivity contribution in [3.63, 3.8) is 0 Å². The SMILES string of the molecule is OC[C@]12CC3C[C@H](C1)[C@H](Nc1c(-c4nnco4)cnc4[nH]ccc14)[C@@H](C3)C2. The van der Waals surface area contributed by atoms with E-state index < -0.39 is 0 Å². The summed E-state index contributed by atoms with van der Waals surface area (Å²) in [4.78, 5) is 7.71. The molecule has 4 fully saturated rings. The molecule has 27 heavy (non-hydrogen) atoms. The number of H-pyrrole nitrogens is 1. The van der Waals surface area contributed by atoms with Crippen LogP contribution >= 0.6 is 0 Å². The Morgan fingerprint density at radius 1 is 1.26 bits per heavy atom. The molecule has 0 aliphatic heterocycles. The van der Waals surface area contributed by atoms with E-state index in [4.69, 9.17) is 4.42 Å². The van der Waals surface area contributed by atoms with Gasteiger partial charge in [0.15, 0.2) is 0 Å². The van der Waals surface area contributed by atoms with Crippen LogP contribution < -0.4 is 5.32 Å². The molecule has 7 heteroatoms. The molecular weight excluding hydrogens is 342 g/mol. The predicted octanol–water partition coefficient (Wildman–Crippen LogP) is 3.21. The first-order chi connectivity index (χ1) is 13.2. The topological polar surface area (TPSA) is 99.9 Å². The molecule has 7 nitrogen and oxygen atoms in total. The Hall–Kier alpha value is -2.41. The monoisotopic (exact) mass is 365 g/mol. The van der Waals surface area contributed by atoms with Crippen LogP contribution in [0.5, 0.6) is 0 Å². The standard InChI is InChI=1S/C20H23N5O2/c26-9-20-5-11-3-12(6-20)16(13(4-11)7-20)24-17-14-1-2-21-18(14)22-8-15(17)19-25-23-10-27-19/h1-2,8,10-13,16,26H,3-7,9H2,(H2,21,22,24)/t11?,12-,13+,16+,20-. The van der Waals surface area contributed by atoms with E-state index in [9.17, 15) is 5.11 Å². The molecule has 1 unspecified atom stereocenters. The van der Waals surface area contributed by atoms with Gasteiger partial charge in [0, 0.05) is 30.4 Å². The lowest BCUT2D eigenvalue weighted by Gasteiger charge is -2.60. The molecule has 4 saturated carbocycles. The fourth-order valence-corrected chi connectivity index (χ4v) is 6.40. The maximum atomic E-state index is 10.0. The minimum absolute atomic E-state index is 0.172. The van der Waals surface area contributed by atoms with Gasteiger partial charge < -0.3 is 19.8 Å². The van der Waals surface area contributed by atoms with Crippen LogP contribution in [0, 0.1) is 23.2 Å². The first-order valence-corrected chi connectivity index (χ1v) is 9.85. The van der Waals surface area contributed by atoms with Crippen molar-refractivity contribution in [3.8, 4) is 11.5 Å². The summed E-state index contributed by atoms with van der Waals surface area (Å²) in [5.74, 6) is 2.50. The zero-order valence-corrected chi connectivity index (χ0v) is 15.1. The molecule has 0 radical (unpaired) electrons. The minimum Gasteiger partial charge on any atom is -0.423 e. The van der Waals surface area contributed by atoms with E-state index in [0.29, 0.717) is 30.4 Å². The molecule has 7 rings (SSSR count). The number of aliphatic hydroxyl groups is 1. The molecule has 0 spiro atoms. The highest BCUT2D eigenvalue weighted by Gasteiger charge is 2.55. The molecule has 3 aromatic heterocycles. The second-order valence-corrected chi connectivity index (χ2v) is 8.83. The number of fused-ring (bicyclic) bond motifs is 1. The van der Waals surface area contributed by atoms with Crippen LogP contribution in [-0.4, -0.2) is 37.9 Å². The molecule has 3 N–H and O–H groups in total. The number of nitrogens with one attached hydrogen (secondary N) is 2. The Bertz CT molecular complexity index is 966. The molecule has 4 aliphatic carbocycles. The molecule has 140 valence electrons. The van der Waals surface area contributed by atoms with Crippen molar-refractivity contribution < 1.29 is 9.52 Å². The Kier molecular flexibility index (Phi) is 3.21. The van der Waals surface area contributed by atoms with Gasteiger partial charge >= 0.3 is 0 Å². The fourth-order valence-electron chi connectivity index (χ4n) is 6.40. The number of hydrogen-bond donors (Lipinski definition) is 3. The summed E-state index contributed by atoms with van der Waals surface area (Å²) >= 11 is 0. The van der Waals surface area contributed by atoms with Gasteiger partial charge in [-0.05, 0) is 61.3 Å². The van der Waals surface area contributed by atoms with E-state index in [2.05, 4.69) is 31.5 Å². The molecule has 0 aromatic carbocycles. The van der Waals surface area contributed by atoms with Crippen molar-refractivity contribution in [2.45, 2.75) is 38.1 Å². The van der Waals surface area contributed by atoms with Crippen LogP contribution in [-0.2, 0) is 0 Å². The van der Waals surface area contributed by atoms with Crippen molar-refractivity contribution in [3.05, 3.63) is 24.9 Å². The summed E-state index contributed by atoms with van der Waals surface area (Å²) < 4.78 is 5.48. The van der Waals surface area contributed by atoms with Gasteiger partial charge in [-0.3, -0.25) is 0 Å². The van der Waals surface area contributed by atoms with E-state index in [1.54, 1.807) is 6.20 Å². The largest absolute Gasteiger partial charge is 0.423 e. The third-order valence-electron chi connectivity index (χ3n) is 7.22. The summed E-state index contributed by atoms with van der Waals surface area (Å²) in [6.07, 6.45) is 11.1. The summed E-state index contributed by atoms with van der Waals surface area (Å²) in [5, 5.41) is 22.9. The smallest absolute Gasteiger partial charge is 0.251 e. The average Bonchev–Trinajstić information content (AvgIpc) is 3.35. The van der Waals surface area contributed by atoms with Crippen LogP contribution in [0.4, 0.5) is 5.69 Å². The summed E-state index contributed by atoms with van der Waals surface area (Å²) in [6, 6.07) is 2.47. The van der Waals surface area contributed by atoms with Crippen molar-refractivity contribution in [2.75, 3.05) is 11.9 Å². The van der Waals surface area contributed by atoms with E-state index in [1.807, 2.05) is 6.20 Å². The second-order valence-electron chi connectivity index (χ2n) is 8.83. The lowest BCUT2D eigenvalue weighted by molar-refractivity contribution is -0.0868. The number of nitrogens with zero attached hydrogens (tertiary/aromatic N) is 3. The third kappa shape index (κ3) is 2.27. The number of hydrogen-bond acceptors (Lipinski definition) is 6. The Morgan fingerprint density at radius 3 is 2.85 bits per heavy atom. The Morgan fingerprint density at radius 2 is 2.11 bits per heavy atom. The fraction of sp³-hybridized carbons (Fsp3) is 0.550. The highest BCUT2D eigenvalue weighted by Crippen LogP contribution is 2.60. The molecule has 0 saturated heterocycles. The number of aromatic amines is 1.